The summed E-state index contributed by atoms with van der Waals surface area (Å²) in [5.74, 6) is -2.04. The Morgan fingerprint density at radius 3 is 2.14 bits per heavy atom. The number of carbonyl (C=O) groups excluding carboxylic acids is 1. The van der Waals surface area contributed by atoms with Crippen molar-refractivity contribution in [3.05, 3.63) is 0 Å². The molecule has 0 aliphatic rings. The van der Waals surface area contributed by atoms with Gasteiger partial charge in [0.1, 0.15) is 5.54 Å². The van der Waals surface area contributed by atoms with E-state index in [0.717, 1.165) is 0 Å². The summed E-state index contributed by atoms with van der Waals surface area (Å²) in [6, 6.07) is 0. The quantitative estimate of drug-likeness (QED) is 0.228. The van der Waals surface area contributed by atoms with E-state index in [4.69, 9.17) is 22.3 Å². The van der Waals surface area contributed by atoms with Gasteiger partial charge in [-0.15, -0.1) is 0 Å². The molecule has 0 aliphatic carbocycles. The van der Waals surface area contributed by atoms with Gasteiger partial charge in [-0.2, -0.15) is 0 Å². The maximum Gasteiger partial charge on any atom is 0.328 e. The number of nitrogens with one attached hydrogen (secondary N) is 1. The molecule has 0 bridgehead atoms. The van der Waals surface area contributed by atoms with E-state index in [2.05, 4.69) is 10.3 Å². The van der Waals surface area contributed by atoms with Crippen LogP contribution in [0.5, 0.6) is 0 Å². The first-order chi connectivity index (χ1) is 9.38. The van der Waals surface area contributed by atoms with Crippen LogP contribution < -0.4 is 22.5 Å². The Hall–Kier alpha value is -1.83. The van der Waals surface area contributed by atoms with E-state index in [9.17, 15) is 9.59 Å². The monoisotopic (exact) mass is 301 g/mol. The standard InChI is InChI=1S/C13H27N5O3/c1-12(2,16)8(6-5-7-17-11(14)15)9(19)18-13(3,4)10(20)21/h8H,5-7,16H2,1-4H3,(H,18,19)(H,20,21)(H4,14,15,17). The van der Waals surface area contributed by atoms with Crippen molar-refractivity contribution in [2.75, 3.05) is 6.54 Å². The molecule has 8 nitrogen and oxygen atoms in total. The minimum absolute atomic E-state index is 0.00461. The zero-order valence-corrected chi connectivity index (χ0v) is 13.1. The number of aliphatic imine (C=N–C) groups is 1. The number of aliphatic carboxylic acids is 1. The van der Waals surface area contributed by atoms with Gasteiger partial charge in [0, 0.05) is 12.1 Å². The SMILES string of the molecule is CC(C)(NC(=O)C(CCCN=C(N)N)C(C)(C)N)C(=O)O. The highest BCUT2D eigenvalue weighted by molar-refractivity contribution is 5.88. The molecule has 0 radical (unpaired) electrons. The van der Waals surface area contributed by atoms with Crippen molar-refractivity contribution in [3.8, 4) is 0 Å². The number of guanidine groups is 1. The van der Waals surface area contributed by atoms with Gasteiger partial charge in [0.05, 0.1) is 5.92 Å². The molecule has 0 saturated heterocycles. The number of hydrogen-bond acceptors (Lipinski definition) is 4. The topological polar surface area (TPSA) is 157 Å². The first-order valence-electron chi connectivity index (χ1n) is 6.77. The summed E-state index contributed by atoms with van der Waals surface area (Å²) in [6.45, 7) is 6.70. The van der Waals surface area contributed by atoms with Crippen LogP contribution in [-0.2, 0) is 9.59 Å². The van der Waals surface area contributed by atoms with Gasteiger partial charge in [0.15, 0.2) is 5.96 Å². The number of amides is 1. The van der Waals surface area contributed by atoms with Crippen molar-refractivity contribution in [1.29, 1.82) is 0 Å². The second-order valence-corrected chi connectivity index (χ2v) is 6.24. The Morgan fingerprint density at radius 1 is 1.24 bits per heavy atom. The summed E-state index contributed by atoms with van der Waals surface area (Å²) in [4.78, 5) is 27.2. The first kappa shape index (κ1) is 19.2. The summed E-state index contributed by atoms with van der Waals surface area (Å²) in [5, 5.41) is 11.6. The Balaban J connectivity index is 4.81. The Morgan fingerprint density at radius 2 is 1.76 bits per heavy atom. The fraction of sp³-hybridized carbons (Fsp3) is 0.769. The van der Waals surface area contributed by atoms with Gasteiger partial charge in [-0.1, -0.05) is 0 Å². The maximum atomic E-state index is 12.3. The molecular formula is C13H27N5O3. The lowest BCUT2D eigenvalue weighted by molar-refractivity contribution is -0.147. The second kappa shape index (κ2) is 7.26. The average molecular weight is 301 g/mol. The zero-order chi connectivity index (χ0) is 16.8. The molecule has 21 heavy (non-hydrogen) atoms. The van der Waals surface area contributed by atoms with E-state index in [1.807, 2.05) is 0 Å². The molecule has 8 heteroatoms. The molecule has 0 saturated carbocycles. The highest BCUT2D eigenvalue weighted by Gasteiger charge is 2.36. The minimum atomic E-state index is -1.35. The van der Waals surface area contributed by atoms with Crippen LogP contribution in [0, 0.1) is 5.92 Å². The van der Waals surface area contributed by atoms with E-state index in [0.29, 0.717) is 19.4 Å². The molecule has 1 atom stereocenters. The Kier molecular flexibility index (Phi) is 6.62. The van der Waals surface area contributed by atoms with E-state index in [-0.39, 0.29) is 11.9 Å². The fourth-order valence-electron chi connectivity index (χ4n) is 1.79. The molecule has 8 N–H and O–H groups in total. The molecule has 1 amide bonds. The number of carboxylic acid groups (broad SMARTS) is 1. The molecule has 0 fully saturated rings. The summed E-state index contributed by atoms with van der Waals surface area (Å²) in [7, 11) is 0. The van der Waals surface area contributed by atoms with Gasteiger partial charge in [-0.25, -0.2) is 4.79 Å². The molecule has 0 spiro atoms. The number of hydrogen-bond donors (Lipinski definition) is 5. The molecule has 0 aromatic carbocycles. The van der Waals surface area contributed by atoms with Crippen LogP contribution in [0.3, 0.4) is 0 Å². The number of rotatable bonds is 8. The third-order valence-electron chi connectivity index (χ3n) is 3.13. The summed E-state index contributed by atoms with van der Waals surface area (Å²) < 4.78 is 0. The largest absolute Gasteiger partial charge is 0.480 e. The van der Waals surface area contributed by atoms with Crippen molar-refractivity contribution in [1.82, 2.24) is 5.32 Å². The third-order valence-corrected chi connectivity index (χ3v) is 3.13. The summed E-state index contributed by atoms with van der Waals surface area (Å²) in [6.07, 6.45) is 1.03. The van der Waals surface area contributed by atoms with Gasteiger partial charge < -0.3 is 27.6 Å². The fourth-order valence-corrected chi connectivity index (χ4v) is 1.79. The van der Waals surface area contributed by atoms with Crippen molar-refractivity contribution >= 4 is 17.8 Å². The molecule has 1 unspecified atom stereocenters. The Labute approximate surface area is 125 Å². The van der Waals surface area contributed by atoms with Crippen LogP contribution in [0.25, 0.3) is 0 Å². The maximum absolute atomic E-state index is 12.3. The molecule has 0 aromatic rings. The zero-order valence-electron chi connectivity index (χ0n) is 13.1. The normalized spacial score (nSPS) is 13.4. The Bertz CT molecular complexity index is 409. The van der Waals surface area contributed by atoms with Crippen molar-refractivity contribution < 1.29 is 14.7 Å². The van der Waals surface area contributed by atoms with Crippen LogP contribution in [0.2, 0.25) is 0 Å². The van der Waals surface area contributed by atoms with Crippen LogP contribution >= 0.6 is 0 Å². The highest BCUT2D eigenvalue weighted by Crippen LogP contribution is 2.21. The smallest absolute Gasteiger partial charge is 0.328 e. The third kappa shape index (κ3) is 6.94. The van der Waals surface area contributed by atoms with Gasteiger partial charge in [-0.05, 0) is 40.5 Å². The summed E-state index contributed by atoms with van der Waals surface area (Å²) >= 11 is 0. The molecule has 0 aliphatic heterocycles. The molecule has 0 heterocycles. The first-order valence-corrected chi connectivity index (χ1v) is 6.77. The molecule has 0 aromatic heterocycles. The van der Waals surface area contributed by atoms with Crippen LogP contribution in [0.4, 0.5) is 0 Å². The van der Waals surface area contributed by atoms with Gasteiger partial charge in [-0.3, -0.25) is 9.79 Å². The molecule has 122 valence electrons. The second-order valence-electron chi connectivity index (χ2n) is 6.24. The molecule has 0 rings (SSSR count). The van der Waals surface area contributed by atoms with Gasteiger partial charge in [0.25, 0.3) is 0 Å². The summed E-state index contributed by atoms with van der Waals surface area (Å²) in [5.41, 5.74) is 14.4. The highest BCUT2D eigenvalue weighted by atomic mass is 16.4. The number of carboxylic acids is 1. The van der Waals surface area contributed by atoms with E-state index < -0.39 is 23.0 Å². The van der Waals surface area contributed by atoms with E-state index in [1.165, 1.54) is 13.8 Å². The van der Waals surface area contributed by atoms with E-state index >= 15 is 0 Å². The van der Waals surface area contributed by atoms with Crippen molar-refractivity contribution in [2.24, 2.45) is 28.1 Å². The number of carbonyl (C=O) groups is 2. The van der Waals surface area contributed by atoms with Crippen molar-refractivity contribution in [2.45, 2.75) is 51.6 Å². The van der Waals surface area contributed by atoms with Crippen LogP contribution in [0.1, 0.15) is 40.5 Å². The van der Waals surface area contributed by atoms with Crippen LogP contribution in [-0.4, -0.2) is 40.6 Å². The van der Waals surface area contributed by atoms with Gasteiger partial charge >= 0.3 is 5.97 Å². The van der Waals surface area contributed by atoms with E-state index in [1.54, 1.807) is 13.8 Å². The predicted octanol–water partition coefficient (Wildman–Crippen LogP) is -0.627. The molecular weight excluding hydrogens is 274 g/mol. The average Bonchev–Trinajstić information content (AvgIpc) is 2.25. The predicted molar refractivity (Wildman–Crippen MR) is 81.5 cm³/mol. The lowest BCUT2D eigenvalue weighted by Crippen LogP contribution is -2.56. The minimum Gasteiger partial charge on any atom is -0.480 e. The van der Waals surface area contributed by atoms with Crippen molar-refractivity contribution in [3.63, 3.8) is 0 Å². The lowest BCUT2D eigenvalue weighted by atomic mass is 9.83. The van der Waals surface area contributed by atoms with Gasteiger partial charge in [0.2, 0.25) is 5.91 Å². The number of nitrogens with zero attached hydrogens (tertiary/aromatic N) is 1. The van der Waals surface area contributed by atoms with Crippen LogP contribution in [0.15, 0.2) is 4.99 Å². The number of nitrogens with two attached hydrogens (primary N) is 3. The lowest BCUT2D eigenvalue weighted by Gasteiger charge is -2.32.